The average Bonchev–Trinajstić information content (AvgIpc) is 2.64. The summed E-state index contributed by atoms with van der Waals surface area (Å²) in [5.74, 6) is 0. The van der Waals surface area contributed by atoms with Crippen LogP contribution < -0.4 is 5.32 Å². The molecule has 2 heterocycles. The second-order valence-corrected chi connectivity index (χ2v) is 5.07. The molecule has 0 spiro atoms. The Kier molecular flexibility index (Phi) is 4.29. The van der Waals surface area contributed by atoms with E-state index in [1.807, 2.05) is 12.3 Å². The smallest absolute Gasteiger partial charge is 0.119 e. The van der Waals surface area contributed by atoms with E-state index in [2.05, 4.69) is 17.2 Å². The molecule has 1 fully saturated rings. The Hall–Kier alpha value is -0.490. The summed E-state index contributed by atoms with van der Waals surface area (Å²) in [6.07, 6.45) is 0.453. The van der Waals surface area contributed by atoms with E-state index in [-0.39, 0.29) is 12.2 Å². The third-order valence-corrected chi connectivity index (χ3v) is 3.36. The van der Waals surface area contributed by atoms with E-state index >= 15 is 0 Å². The minimum absolute atomic E-state index is 0.171. The van der Waals surface area contributed by atoms with E-state index in [1.165, 1.54) is 0 Å². The maximum absolute atomic E-state index is 5.72. The van der Waals surface area contributed by atoms with Crippen molar-refractivity contribution in [1.82, 2.24) is 10.3 Å². The molecule has 1 N–H and O–H groups in total. The molecule has 1 aliphatic heterocycles. The van der Waals surface area contributed by atoms with Crippen molar-refractivity contribution in [2.45, 2.75) is 32.7 Å². The molecule has 1 aromatic rings. The number of ether oxygens (including phenoxy) is 2. The number of hydrogen-bond acceptors (Lipinski definition) is 5. The third kappa shape index (κ3) is 3.52. The van der Waals surface area contributed by atoms with Crippen molar-refractivity contribution in [3.8, 4) is 0 Å². The van der Waals surface area contributed by atoms with E-state index in [1.54, 1.807) is 11.3 Å². The molecule has 2 rings (SSSR count). The van der Waals surface area contributed by atoms with Crippen molar-refractivity contribution in [3.63, 3.8) is 0 Å². The lowest BCUT2D eigenvalue weighted by Crippen LogP contribution is -2.45. The summed E-state index contributed by atoms with van der Waals surface area (Å²) in [7, 11) is 0. The fourth-order valence-corrected chi connectivity index (χ4v) is 2.42. The summed E-state index contributed by atoms with van der Waals surface area (Å²) in [5.41, 5.74) is 1.06. The minimum Gasteiger partial charge on any atom is -0.372 e. The zero-order chi connectivity index (χ0) is 11.4. The number of aryl methyl sites for hydroxylation is 1. The highest BCUT2D eigenvalue weighted by Gasteiger charge is 2.18. The number of thiazole rings is 1. The monoisotopic (exact) mass is 242 g/mol. The first-order valence-corrected chi connectivity index (χ1v) is 6.47. The molecule has 0 aliphatic carbocycles. The number of hydrogen-bond donors (Lipinski definition) is 1. The van der Waals surface area contributed by atoms with Gasteiger partial charge in [-0.3, -0.25) is 0 Å². The molecular weight excluding hydrogens is 224 g/mol. The molecule has 2 unspecified atom stereocenters. The molecule has 0 saturated carbocycles. The quantitative estimate of drug-likeness (QED) is 0.865. The maximum atomic E-state index is 5.72. The molecule has 2 atom stereocenters. The van der Waals surface area contributed by atoms with Gasteiger partial charge in [0, 0.05) is 24.2 Å². The Morgan fingerprint density at radius 2 is 2.50 bits per heavy atom. The van der Waals surface area contributed by atoms with E-state index in [0.29, 0.717) is 13.2 Å². The number of rotatable bonds is 4. The SMILES string of the molecule is Cc1csc(COCC2CNCC(C)O2)n1. The van der Waals surface area contributed by atoms with Gasteiger partial charge in [-0.05, 0) is 13.8 Å². The summed E-state index contributed by atoms with van der Waals surface area (Å²) >= 11 is 1.64. The molecule has 1 saturated heterocycles. The Labute approximate surface area is 100.0 Å². The van der Waals surface area contributed by atoms with Gasteiger partial charge in [-0.2, -0.15) is 0 Å². The van der Waals surface area contributed by atoms with Crippen LogP contribution in [0.25, 0.3) is 0 Å². The first kappa shape index (κ1) is 12.0. The third-order valence-electron chi connectivity index (χ3n) is 2.42. The van der Waals surface area contributed by atoms with Crippen LogP contribution in [0.3, 0.4) is 0 Å². The highest BCUT2D eigenvalue weighted by Crippen LogP contribution is 2.10. The molecule has 1 aliphatic rings. The zero-order valence-corrected chi connectivity index (χ0v) is 10.5. The highest BCUT2D eigenvalue weighted by atomic mass is 32.1. The second-order valence-electron chi connectivity index (χ2n) is 4.12. The lowest BCUT2D eigenvalue weighted by Gasteiger charge is -2.28. The summed E-state index contributed by atoms with van der Waals surface area (Å²) in [6, 6.07) is 0. The first-order chi connectivity index (χ1) is 7.74. The summed E-state index contributed by atoms with van der Waals surface area (Å²) in [4.78, 5) is 4.35. The highest BCUT2D eigenvalue weighted by molar-refractivity contribution is 7.09. The fourth-order valence-electron chi connectivity index (χ4n) is 1.72. The minimum atomic E-state index is 0.171. The normalized spacial score (nSPS) is 25.9. The Morgan fingerprint density at radius 1 is 1.62 bits per heavy atom. The largest absolute Gasteiger partial charge is 0.372 e. The van der Waals surface area contributed by atoms with Gasteiger partial charge in [-0.1, -0.05) is 0 Å². The number of nitrogens with zero attached hydrogens (tertiary/aromatic N) is 1. The van der Waals surface area contributed by atoms with Crippen LogP contribution in [0, 0.1) is 6.92 Å². The predicted molar refractivity (Wildman–Crippen MR) is 63.7 cm³/mol. The van der Waals surface area contributed by atoms with Crippen molar-refractivity contribution < 1.29 is 9.47 Å². The molecule has 90 valence electrons. The maximum Gasteiger partial charge on any atom is 0.119 e. The van der Waals surface area contributed by atoms with E-state index in [0.717, 1.165) is 23.8 Å². The number of morpholine rings is 1. The summed E-state index contributed by atoms with van der Waals surface area (Å²) in [5, 5.41) is 6.40. The molecule has 1 aromatic heterocycles. The lowest BCUT2D eigenvalue weighted by molar-refractivity contribution is -0.0716. The molecule has 0 amide bonds. The van der Waals surface area contributed by atoms with E-state index in [4.69, 9.17) is 9.47 Å². The van der Waals surface area contributed by atoms with Crippen molar-refractivity contribution >= 4 is 11.3 Å². The average molecular weight is 242 g/mol. The van der Waals surface area contributed by atoms with E-state index in [9.17, 15) is 0 Å². The first-order valence-electron chi connectivity index (χ1n) is 5.59. The molecule has 4 nitrogen and oxygen atoms in total. The molecule has 5 heteroatoms. The van der Waals surface area contributed by atoms with Crippen molar-refractivity contribution in [1.29, 1.82) is 0 Å². The Morgan fingerprint density at radius 3 is 3.19 bits per heavy atom. The fraction of sp³-hybridized carbons (Fsp3) is 0.727. The van der Waals surface area contributed by atoms with Crippen LogP contribution in [0.1, 0.15) is 17.6 Å². The van der Waals surface area contributed by atoms with Gasteiger partial charge < -0.3 is 14.8 Å². The number of aromatic nitrogens is 1. The molecule has 0 radical (unpaired) electrons. The standard InChI is InChI=1S/C11H18N2O2S/c1-8-7-16-11(13-8)6-14-5-10-4-12-3-9(2)15-10/h7,9-10,12H,3-6H2,1-2H3. The van der Waals surface area contributed by atoms with Crippen LogP contribution in [0.15, 0.2) is 5.38 Å². The second kappa shape index (κ2) is 5.72. The Balaban J connectivity index is 1.67. The molecular formula is C11H18N2O2S. The van der Waals surface area contributed by atoms with E-state index < -0.39 is 0 Å². The summed E-state index contributed by atoms with van der Waals surface area (Å²) < 4.78 is 11.3. The van der Waals surface area contributed by atoms with Gasteiger partial charge in [0.25, 0.3) is 0 Å². The zero-order valence-electron chi connectivity index (χ0n) is 9.73. The van der Waals surface area contributed by atoms with Crippen LogP contribution in [0.5, 0.6) is 0 Å². The lowest BCUT2D eigenvalue weighted by atomic mass is 10.2. The van der Waals surface area contributed by atoms with Gasteiger partial charge in [0.15, 0.2) is 0 Å². The molecule has 0 bridgehead atoms. The van der Waals surface area contributed by atoms with Crippen LogP contribution >= 0.6 is 11.3 Å². The van der Waals surface area contributed by atoms with Crippen LogP contribution in [-0.4, -0.2) is 36.9 Å². The predicted octanol–water partition coefficient (Wildman–Crippen LogP) is 1.35. The van der Waals surface area contributed by atoms with Gasteiger partial charge in [0.2, 0.25) is 0 Å². The van der Waals surface area contributed by atoms with Crippen LogP contribution in [0.4, 0.5) is 0 Å². The van der Waals surface area contributed by atoms with Crippen molar-refractivity contribution in [3.05, 3.63) is 16.1 Å². The van der Waals surface area contributed by atoms with Crippen LogP contribution in [-0.2, 0) is 16.1 Å². The summed E-state index contributed by atoms with van der Waals surface area (Å²) in [6.45, 7) is 7.10. The van der Waals surface area contributed by atoms with Gasteiger partial charge >= 0.3 is 0 Å². The Bertz CT molecular complexity index is 330. The van der Waals surface area contributed by atoms with Gasteiger partial charge in [0.1, 0.15) is 5.01 Å². The van der Waals surface area contributed by atoms with Gasteiger partial charge in [-0.15, -0.1) is 11.3 Å². The van der Waals surface area contributed by atoms with Crippen molar-refractivity contribution in [2.24, 2.45) is 0 Å². The van der Waals surface area contributed by atoms with Gasteiger partial charge in [0.05, 0.1) is 25.4 Å². The topological polar surface area (TPSA) is 43.4 Å². The van der Waals surface area contributed by atoms with Crippen LogP contribution in [0.2, 0.25) is 0 Å². The van der Waals surface area contributed by atoms with Crippen molar-refractivity contribution in [2.75, 3.05) is 19.7 Å². The number of nitrogens with one attached hydrogen (secondary N) is 1. The molecule has 16 heavy (non-hydrogen) atoms. The van der Waals surface area contributed by atoms with Gasteiger partial charge in [-0.25, -0.2) is 4.98 Å². The molecule has 0 aromatic carbocycles.